The number of anilines is 1. The first-order chi connectivity index (χ1) is 15.9. The van der Waals surface area contributed by atoms with Crippen LogP contribution >= 0.6 is 11.6 Å². The van der Waals surface area contributed by atoms with Gasteiger partial charge in [-0.2, -0.15) is 0 Å². The first-order valence-electron chi connectivity index (χ1n) is 10.1. The Kier molecular flexibility index (Phi) is 5.36. The number of hydrogen-bond donors (Lipinski definition) is 1. The number of nitrogens with zero attached hydrogens (tertiary/aromatic N) is 3. The van der Waals surface area contributed by atoms with E-state index in [1.54, 1.807) is 18.3 Å². The van der Waals surface area contributed by atoms with Crippen LogP contribution in [-0.4, -0.2) is 29.0 Å². The molecular weight excluding hydrogens is 456 g/mol. The van der Waals surface area contributed by atoms with Crippen molar-refractivity contribution in [2.75, 3.05) is 11.0 Å². The van der Waals surface area contributed by atoms with Crippen LogP contribution in [0.25, 0.3) is 39.4 Å². The van der Waals surface area contributed by atoms with E-state index < -0.39 is 10.0 Å². The molecular formula is C25H19ClN4O2S. The van der Waals surface area contributed by atoms with Crippen LogP contribution in [-0.2, 0) is 10.0 Å². The van der Waals surface area contributed by atoms with Crippen molar-refractivity contribution in [3.8, 4) is 33.8 Å². The summed E-state index contributed by atoms with van der Waals surface area (Å²) >= 11 is 6.26. The molecule has 0 spiro atoms. The van der Waals surface area contributed by atoms with Crippen molar-refractivity contribution >= 4 is 33.0 Å². The highest BCUT2D eigenvalue weighted by Gasteiger charge is 2.17. The number of aromatic nitrogens is 3. The van der Waals surface area contributed by atoms with Crippen molar-refractivity contribution < 1.29 is 8.42 Å². The van der Waals surface area contributed by atoms with Gasteiger partial charge in [-0.15, -0.1) is 0 Å². The van der Waals surface area contributed by atoms with E-state index in [-0.39, 0.29) is 0 Å². The van der Waals surface area contributed by atoms with Gasteiger partial charge in [0.15, 0.2) is 0 Å². The third-order valence-corrected chi connectivity index (χ3v) is 5.99. The Morgan fingerprint density at radius 3 is 2.45 bits per heavy atom. The highest BCUT2D eigenvalue weighted by molar-refractivity contribution is 7.92. The molecule has 0 fully saturated rings. The smallest absolute Gasteiger partial charge is 0.229 e. The summed E-state index contributed by atoms with van der Waals surface area (Å²) in [4.78, 5) is 9.40. The molecule has 5 rings (SSSR count). The molecule has 3 heterocycles. The lowest BCUT2D eigenvalue weighted by Gasteiger charge is -2.09. The number of rotatable bonds is 5. The second kappa shape index (κ2) is 8.35. The average Bonchev–Trinajstić information content (AvgIpc) is 3.18. The maximum absolute atomic E-state index is 11.5. The van der Waals surface area contributed by atoms with Gasteiger partial charge in [0, 0.05) is 39.8 Å². The van der Waals surface area contributed by atoms with Crippen molar-refractivity contribution in [2.45, 2.75) is 0 Å². The van der Waals surface area contributed by atoms with E-state index in [1.807, 2.05) is 72.9 Å². The third-order valence-electron chi connectivity index (χ3n) is 5.15. The van der Waals surface area contributed by atoms with Gasteiger partial charge in [0.05, 0.1) is 23.3 Å². The van der Waals surface area contributed by atoms with Gasteiger partial charge in [-0.05, 0) is 48.5 Å². The molecule has 164 valence electrons. The Morgan fingerprint density at radius 2 is 1.70 bits per heavy atom. The molecule has 2 aromatic carbocycles. The summed E-state index contributed by atoms with van der Waals surface area (Å²) in [6, 6.07) is 24.6. The predicted octanol–water partition coefficient (Wildman–Crippen LogP) is 5.76. The molecule has 3 aromatic heterocycles. The molecule has 8 heteroatoms. The summed E-state index contributed by atoms with van der Waals surface area (Å²) in [5.41, 5.74) is 6.61. The van der Waals surface area contributed by atoms with Crippen molar-refractivity contribution in [1.29, 1.82) is 0 Å². The normalized spacial score (nSPS) is 11.6. The highest BCUT2D eigenvalue weighted by atomic mass is 35.5. The van der Waals surface area contributed by atoms with Gasteiger partial charge in [0.2, 0.25) is 10.0 Å². The molecule has 5 aromatic rings. The van der Waals surface area contributed by atoms with Gasteiger partial charge in [-0.25, -0.2) is 13.4 Å². The zero-order valence-corrected chi connectivity index (χ0v) is 19.2. The Hall–Kier alpha value is -3.68. The average molecular weight is 475 g/mol. The van der Waals surface area contributed by atoms with E-state index in [2.05, 4.69) is 14.1 Å². The fourth-order valence-corrected chi connectivity index (χ4v) is 4.52. The van der Waals surface area contributed by atoms with Crippen molar-refractivity contribution in [3.63, 3.8) is 0 Å². The van der Waals surface area contributed by atoms with E-state index in [1.165, 1.54) is 0 Å². The van der Waals surface area contributed by atoms with E-state index >= 15 is 0 Å². The van der Waals surface area contributed by atoms with E-state index in [4.69, 9.17) is 16.6 Å². The Balaban J connectivity index is 1.62. The summed E-state index contributed by atoms with van der Waals surface area (Å²) in [6.45, 7) is 0. The largest absolute Gasteiger partial charge is 0.299 e. The number of halogens is 1. The van der Waals surface area contributed by atoms with Gasteiger partial charge in [-0.1, -0.05) is 41.9 Å². The standard InChI is InChI=1S/C25H19ClN4O2S/c1-33(31,32)29-21-10-8-17(9-11-21)22-16-19(12-13-27-22)25-24(18-5-4-6-20(26)15-18)28-23-7-2-3-14-30(23)25/h2-16,29H,1H3. The number of benzene rings is 2. The molecule has 0 unspecified atom stereocenters. The van der Waals surface area contributed by atoms with Crippen molar-refractivity contribution in [1.82, 2.24) is 14.4 Å². The van der Waals surface area contributed by atoms with Crippen LogP contribution in [0.3, 0.4) is 0 Å². The highest BCUT2D eigenvalue weighted by Crippen LogP contribution is 2.35. The molecule has 6 nitrogen and oxygen atoms in total. The maximum Gasteiger partial charge on any atom is 0.229 e. The van der Waals surface area contributed by atoms with E-state index in [0.29, 0.717) is 10.7 Å². The number of nitrogens with one attached hydrogen (secondary N) is 1. The van der Waals surface area contributed by atoms with Gasteiger partial charge in [0.1, 0.15) is 5.65 Å². The van der Waals surface area contributed by atoms with E-state index in [0.717, 1.165) is 45.7 Å². The molecule has 0 saturated carbocycles. The SMILES string of the molecule is CS(=O)(=O)Nc1ccc(-c2cc(-c3c(-c4cccc(Cl)c4)nc4ccccn34)ccn2)cc1. The second-order valence-electron chi connectivity index (χ2n) is 7.63. The third kappa shape index (κ3) is 4.46. The van der Waals surface area contributed by atoms with Gasteiger partial charge in [-0.3, -0.25) is 14.1 Å². The van der Waals surface area contributed by atoms with Crippen LogP contribution in [0.4, 0.5) is 5.69 Å². The number of fused-ring (bicyclic) bond motifs is 1. The molecule has 0 aliphatic heterocycles. The Bertz CT molecular complexity index is 1580. The molecule has 0 saturated heterocycles. The van der Waals surface area contributed by atoms with Crippen LogP contribution < -0.4 is 4.72 Å². The minimum absolute atomic E-state index is 0.502. The number of imidazole rings is 1. The first kappa shape index (κ1) is 21.2. The predicted molar refractivity (Wildman–Crippen MR) is 133 cm³/mol. The minimum atomic E-state index is -3.33. The summed E-state index contributed by atoms with van der Waals surface area (Å²) in [5.74, 6) is 0. The summed E-state index contributed by atoms with van der Waals surface area (Å²) < 4.78 is 27.5. The van der Waals surface area contributed by atoms with Crippen molar-refractivity contribution in [2.24, 2.45) is 0 Å². The maximum atomic E-state index is 11.5. The van der Waals surface area contributed by atoms with Gasteiger partial charge >= 0.3 is 0 Å². The number of hydrogen-bond acceptors (Lipinski definition) is 4. The van der Waals surface area contributed by atoms with Crippen molar-refractivity contribution in [3.05, 3.63) is 96.3 Å². The molecule has 0 aliphatic rings. The quantitative estimate of drug-likeness (QED) is 0.351. The first-order valence-corrected chi connectivity index (χ1v) is 12.4. The Labute approximate surface area is 196 Å². The monoisotopic (exact) mass is 474 g/mol. The molecule has 1 N–H and O–H groups in total. The lowest BCUT2D eigenvalue weighted by Crippen LogP contribution is -2.09. The van der Waals surface area contributed by atoms with Crippen LogP contribution in [0.2, 0.25) is 5.02 Å². The lowest BCUT2D eigenvalue weighted by molar-refractivity contribution is 0.607. The zero-order chi connectivity index (χ0) is 23.0. The van der Waals surface area contributed by atoms with Crippen LogP contribution in [0, 0.1) is 0 Å². The molecule has 0 aliphatic carbocycles. The van der Waals surface area contributed by atoms with Gasteiger partial charge in [0.25, 0.3) is 0 Å². The van der Waals surface area contributed by atoms with Crippen LogP contribution in [0.1, 0.15) is 0 Å². The lowest BCUT2D eigenvalue weighted by atomic mass is 10.0. The number of sulfonamides is 1. The summed E-state index contributed by atoms with van der Waals surface area (Å²) in [7, 11) is -3.33. The zero-order valence-electron chi connectivity index (χ0n) is 17.6. The number of pyridine rings is 2. The van der Waals surface area contributed by atoms with Crippen LogP contribution in [0.15, 0.2) is 91.3 Å². The van der Waals surface area contributed by atoms with E-state index in [9.17, 15) is 8.42 Å². The topological polar surface area (TPSA) is 76.4 Å². The molecule has 33 heavy (non-hydrogen) atoms. The summed E-state index contributed by atoms with van der Waals surface area (Å²) in [5, 5.41) is 0.647. The fourth-order valence-electron chi connectivity index (χ4n) is 3.77. The van der Waals surface area contributed by atoms with Gasteiger partial charge < -0.3 is 0 Å². The second-order valence-corrected chi connectivity index (χ2v) is 9.81. The minimum Gasteiger partial charge on any atom is -0.299 e. The Morgan fingerprint density at radius 1 is 0.879 bits per heavy atom. The molecule has 0 amide bonds. The van der Waals surface area contributed by atoms with Crippen LogP contribution in [0.5, 0.6) is 0 Å². The summed E-state index contributed by atoms with van der Waals surface area (Å²) in [6.07, 6.45) is 4.87. The molecule has 0 bridgehead atoms. The molecule has 0 radical (unpaired) electrons. The molecule has 0 atom stereocenters. The fraction of sp³-hybridized carbons (Fsp3) is 0.0400.